The molecule has 0 aromatic rings. The van der Waals surface area contributed by atoms with Crippen molar-refractivity contribution in [1.29, 1.82) is 0 Å². The summed E-state index contributed by atoms with van der Waals surface area (Å²) in [6.07, 6.45) is 0. The lowest BCUT2D eigenvalue weighted by atomic mass is 14.0. The van der Waals surface area contributed by atoms with E-state index in [0.717, 1.165) is 0 Å². The van der Waals surface area contributed by atoms with E-state index < -0.39 is 7.82 Å². The second-order valence-electron chi connectivity index (χ2n) is 0.654. The van der Waals surface area contributed by atoms with Crippen LogP contribution >= 0.6 is 7.82 Å². The lowest BCUT2D eigenvalue weighted by Gasteiger charge is -1.95. The molecule has 0 aliphatic carbocycles. The van der Waals surface area contributed by atoms with Gasteiger partial charge in [-0.2, -0.15) is 0 Å². The highest BCUT2D eigenvalue weighted by atomic mass is 31.2. The van der Waals surface area contributed by atoms with E-state index in [1.807, 2.05) is 0 Å². The van der Waals surface area contributed by atoms with Crippen molar-refractivity contribution in [1.82, 2.24) is 6.15 Å². The molecule has 0 amide bonds. The van der Waals surface area contributed by atoms with Crippen molar-refractivity contribution in [3.63, 3.8) is 0 Å². The molecule has 0 aromatic heterocycles. The minimum absolute atomic E-state index is 0. The van der Waals surface area contributed by atoms with Gasteiger partial charge in [-0.15, -0.1) is 0 Å². The van der Waals surface area contributed by atoms with Gasteiger partial charge in [0, 0.05) is 0 Å². The Hall–Kier alpha value is -0.140. The molecule has 0 radical (unpaired) electrons. The maximum Gasteiger partial charge on any atom is 0.568 e. The lowest BCUT2D eigenvalue weighted by Crippen LogP contribution is -1.79. The molecule has 0 aromatic carbocycles. The van der Waals surface area contributed by atoms with Crippen molar-refractivity contribution < 1.29 is 32.3 Å². The zero-order valence-corrected chi connectivity index (χ0v) is 4.82. The predicted molar refractivity (Wildman–Crippen MR) is 19.2 cm³/mol. The first-order valence-electron chi connectivity index (χ1n) is 1.19. The van der Waals surface area contributed by atoms with Crippen LogP contribution in [0.4, 0.5) is 13.6 Å². The van der Waals surface area contributed by atoms with Crippen LogP contribution in [0.15, 0.2) is 0 Å². The van der Waals surface area contributed by atoms with Gasteiger partial charge in [0.1, 0.15) is 0 Å². The molecule has 0 unspecified atom stereocenters. The van der Waals surface area contributed by atoms with E-state index in [-0.39, 0.29) is 6.15 Å². The summed E-state index contributed by atoms with van der Waals surface area (Å²) in [6.45, 7) is 0. The molecule has 0 heterocycles. The first-order valence-corrected chi connectivity index (χ1v) is 2.65. The zero-order chi connectivity index (χ0) is 6.62. The van der Waals surface area contributed by atoms with Crippen LogP contribution in [-0.2, 0) is 18.8 Å². The van der Waals surface area contributed by atoms with Gasteiger partial charge in [-0.1, -0.05) is 14.2 Å². The van der Waals surface area contributed by atoms with E-state index in [2.05, 4.69) is 14.2 Å². The van der Waals surface area contributed by atoms with Gasteiger partial charge in [0.2, 0.25) is 0 Å². The Bertz CT molecular complexity index is 87.0. The molecule has 5 nitrogen and oxygen atoms in total. The molecule has 0 rings (SSSR count). The monoisotopic (exact) mass is 169 g/mol. The number of hydrogen-bond acceptors (Lipinski definition) is 5. The first-order chi connectivity index (χ1) is 3.68. The Morgan fingerprint density at radius 1 is 1.00 bits per heavy atom. The Morgan fingerprint density at radius 2 is 1.22 bits per heavy atom. The number of halogens is 3. The van der Waals surface area contributed by atoms with E-state index in [4.69, 9.17) is 0 Å². The summed E-state index contributed by atoms with van der Waals surface area (Å²) in [5.74, 6) is 0. The van der Waals surface area contributed by atoms with Crippen molar-refractivity contribution >= 4 is 7.82 Å². The van der Waals surface area contributed by atoms with Crippen molar-refractivity contribution in [2.24, 2.45) is 0 Å². The fourth-order valence-corrected chi connectivity index (χ4v) is 0.0958. The molecule has 0 bridgehead atoms. The van der Waals surface area contributed by atoms with Crippen LogP contribution in [0.2, 0.25) is 0 Å². The summed E-state index contributed by atoms with van der Waals surface area (Å²) in [7, 11) is -5.16. The first kappa shape index (κ1) is 11.6. The van der Waals surface area contributed by atoms with Crippen molar-refractivity contribution in [2.75, 3.05) is 0 Å². The summed E-state index contributed by atoms with van der Waals surface area (Å²) >= 11 is 0. The lowest BCUT2D eigenvalue weighted by molar-refractivity contribution is -0.163. The predicted octanol–water partition coefficient (Wildman–Crippen LogP) is 1.96. The van der Waals surface area contributed by atoms with Crippen molar-refractivity contribution in [2.45, 2.75) is 0 Å². The smallest absolute Gasteiger partial charge is 0.344 e. The summed E-state index contributed by atoms with van der Waals surface area (Å²) in [6, 6.07) is 0. The normalized spacial score (nSPS) is 10.6. The molecular weight excluding hydrogens is 166 g/mol. The quantitative estimate of drug-likeness (QED) is 0.653. The largest absolute Gasteiger partial charge is 0.568 e. The molecule has 0 atom stereocenters. The summed E-state index contributed by atoms with van der Waals surface area (Å²) in [5, 5.41) is 0. The van der Waals surface area contributed by atoms with Gasteiger partial charge in [0.05, 0.1) is 0 Å². The fraction of sp³-hybridized carbons (Fsp3) is 0. The van der Waals surface area contributed by atoms with Crippen LogP contribution in [0.5, 0.6) is 0 Å². The molecule has 0 aliphatic rings. The highest BCUT2D eigenvalue weighted by Gasteiger charge is 2.31. The Morgan fingerprint density at radius 3 is 1.22 bits per heavy atom. The highest BCUT2D eigenvalue weighted by molar-refractivity contribution is 7.48. The van der Waals surface area contributed by atoms with Crippen LogP contribution in [0.3, 0.4) is 0 Å². The second kappa shape index (κ2) is 4.71. The maximum absolute atomic E-state index is 10.5. The number of phosphoric acid groups is 1. The molecule has 0 saturated heterocycles. The molecule has 0 aliphatic heterocycles. The van der Waals surface area contributed by atoms with Gasteiger partial charge in [0.25, 0.3) is 0 Å². The molecule has 58 valence electrons. The third-order valence-electron chi connectivity index (χ3n) is 0.254. The molecule has 9 heavy (non-hydrogen) atoms. The summed E-state index contributed by atoms with van der Waals surface area (Å²) < 4.78 is 47.5. The highest BCUT2D eigenvalue weighted by Crippen LogP contribution is 2.50. The zero-order valence-electron chi connectivity index (χ0n) is 3.92. The van der Waals surface area contributed by atoms with Crippen LogP contribution < -0.4 is 6.15 Å². The van der Waals surface area contributed by atoms with Gasteiger partial charge in [0.15, 0.2) is 0 Å². The standard InChI is InChI=1S/F3O4P.H3N/c1-5-8(4,6-2)7-3;/h;1H3. The summed E-state index contributed by atoms with van der Waals surface area (Å²) in [5.41, 5.74) is 0. The SMILES string of the molecule is N.O=P(OF)(OF)OF. The van der Waals surface area contributed by atoms with Gasteiger partial charge < -0.3 is 6.15 Å². The van der Waals surface area contributed by atoms with E-state index in [1.165, 1.54) is 0 Å². The third-order valence-corrected chi connectivity index (χ3v) is 0.761. The average Bonchev–Trinajstić information content (AvgIpc) is 1.87. The molecular formula is H3F3NO4P. The van der Waals surface area contributed by atoms with E-state index >= 15 is 0 Å². The summed E-state index contributed by atoms with van der Waals surface area (Å²) in [4.78, 5) is 0. The third kappa shape index (κ3) is 3.44. The fourth-order valence-electron chi connectivity index (χ4n) is 0.0319. The topological polar surface area (TPSA) is 79.8 Å². The van der Waals surface area contributed by atoms with Crippen LogP contribution in [0.25, 0.3) is 0 Å². The van der Waals surface area contributed by atoms with E-state index in [0.29, 0.717) is 0 Å². The maximum atomic E-state index is 10.5. The molecule has 0 spiro atoms. The minimum atomic E-state index is -5.16. The molecule has 9 heteroatoms. The Balaban J connectivity index is 0. The van der Waals surface area contributed by atoms with Crippen LogP contribution in [-0.4, -0.2) is 0 Å². The van der Waals surface area contributed by atoms with Crippen molar-refractivity contribution in [3.05, 3.63) is 0 Å². The minimum Gasteiger partial charge on any atom is -0.344 e. The van der Waals surface area contributed by atoms with Crippen LogP contribution in [0.1, 0.15) is 0 Å². The Labute approximate surface area is 47.6 Å². The Kier molecular flexibility index (Phi) is 6.09. The van der Waals surface area contributed by atoms with E-state index in [9.17, 15) is 18.1 Å². The second-order valence-corrected chi connectivity index (χ2v) is 1.96. The number of rotatable bonds is 3. The van der Waals surface area contributed by atoms with Gasteiger partial charge in [-0.3, -0.25) is 0 Å². The molecule has 0 fully saturated rings. The average molecular weight is 169 g/mol. The van der Waals surface area contributed by atoms with Crippen LogP contribution in [0, 0.1) is 0 Å². The van der Waals surface area contributed by atoms with Gasteiger partial charge in [-0.05, 0) is 13.6 Å². The molecule has 0 saturated carbocycles. The van der Waals surface area contributed by atoms with Gasteiger partial charge in [-0.25, -0.2) is 4.57 Å². The number of hydrogen-bond donors (Lipinski definition) is 1. The van der Waals surface area contributed by atoms with E-state index in [1.54, 1.807) is 0 Å². The van der Waals surface area contributed by atoms with Crippen molar-refractivity contribution in [3.8, 4) is 0 Å². The molecule has 3 N–H and O–H groups in total. The van der Waals surface area contributed by atoms with Gasteiger partial charge >= 0.3 is 7.82 Å².